The molecule has 0 aromatic heterocycles. The van der Waals surface area contributed by atoms with Crippen LogP contribution in [0.2, 0.25) is 0 Å². The summed E-state index contributed by atoms with van der Waals surface area (Å²) < 4.78 is 12.3. The highest BCUT2D eigenvalue weighted by molar-refractivity contribution is 4.55. The van der Waals surface area contributed by atoms with Crippen LogP contribution in [0.1, 0.15) is 34.1 Å². The molecule has 0 saturated heterocycles. The van der Waals surface area contributed by atoms with Crippen LogP contribution in [0.3, 0.4) is 0 Å². The Morgan fingerprint density at radius 3 is 2.29 bits per heavy atom. The molecule has 3 heteroatoms. The molecule has 0 saturated carbocycles. The molecule has 0 rings (SSSR count). The molecule has 0 heterocycles. The monoisotopic (exact) mass is 206 g/mol. The lowest BCUT2D eigenvalue weighted by molar-refractivity contribution is 0.322. The third-order valence-electron chi connectivity index (χ3n) is 1.93. The van der Waals surface area contributed by atoms with Crippen LogP contribution < -0.4 is 5.32 Å². The van der Waals surface area contributed by atoms with Gasteiger partial charge in [-0.2, -0.15) is 0 Å². The molecule has 2 nitrogen and oxygen atoms in total. The van der Waals surface area contributed by atoms with Gasteiger partial charge in [0.1, 0.15) is 0 Å². The van der Waals surface area contributed by atoms with Gasteiger partial charge in [-0.25, -0.2) is 4.39 Å². The van der Waals surface area contributed by atoms with Crippen LogP contribution in [0.25, 0.3) is 0 Å². The highest BCUT2D eigenvalue weighted by atomic mass is 19.1. The molecule has 0 aliphatic carbocycles. The largest absolute Gasteiger partial charge is 0.315 e. The summed E-state index contributed by atoms with van der Waals surface area (Å²) >= 11 is 0. The number of hydrogen-bond acceptors (Lipinski definition) is 2. The van der Waals surface area contributed by atoms with Gasteiger partial charge in [-0.1, -0.05) is 20.8 Å². The van der Waals surface area contributed by atoms with E-state index in [9.17, 15) is 4.39 Å². The Morgan fingerprint density at radius 1 is 1.29 bits per heavy atom. The number of halogens is 1. The Labute approximate surface area is 88.9 Å². The number of nitrogens with zero attached hydrogens (tertiary/aromatic N) is 1. The smallest absolute Gasteiger partial charge is 0.0985 e. The van der Waals surface area contributed by atoms with Crippen molar-refractivity contribution in [3.05, 3.63) is 0 Å². The van der Waals surface area contributed by atoms with Crippen LogP contribution in [-0.4, -0.2) is 44.3 Å². The van der Waals surface area contributed by atoms with Gasteiger partial charge in [0.2, 0.25) is 0 Å². The van der Waals surface area contributed by atoms with Crippen molar-refractivity contribution in [3.63, 3.8) is 0 Å². The lowest BCUT2D eigenvalue weighted by atomic mass is 10.3. The number of hydrogen-bond donors (Lipinski definition) is 1. The molecule has 1 atom stereocenters. The van der Waals surface area contributed by atoms with Gasteiger partial charge in [-0.15, -0.1) is 0 Å². The van der Waals surface area contributed by atoms with E-state index < -0.39 is 6.17 Å². The van der Waals surface area contributed by atoms with Crippen molar-refractivity contribution in [1.82, 2.24) is 10.2 Å². The summed E-state index contributed by atoms with van der Waals surface area (Å²) in [6.07, 6.45) is -0.0584. The molecule has 0 aliphatic rings. The maximum atomic E-state index is 12.3. The van der Waals surface area contributed by atoms with E-state index in [1.54, 1.807) is 6.92 Å². The highest BCUT2D eigenvalue weighted by Gasteiger charge is 1.97. The van der Waals surface area contributed by atoms with Crippen molar-refractivity contribution in [2.45, 2.75) is 40.3 Å². The maximum absolute atomic E-state index is 12.3. The summed E-state index contributed by atoms with van der Waals surface area (Å²) in [5.74, 6) is 0. The van der Waals surface area contributed by atoms with E-state index in [0.29, 0.717) is 6.42 Å². The fourth-order valence-corrected chi connectivity index (χ4v) is 0.854. The van der Waals surface area contributed by atoms with Crippen LogP contribution in [0.15, 0.2) is 0 Å². The van der Waals surface area contributed by atoms with Crippen molar-refractivity contribution in [3.8, 4) is 0 Å². The predicted molar refractivity (Wildman–Crippen MR) is 62.6 cm³/mol. The highest BCUT2D eigenvalue weighted by Crippen LogP contribution is 1.92. The molecule has 14 heavy (non-hydrogen) atoms. The minimum absolute atomic E-state index is 0.621. The van der Waals surface area contributed by atoms with E-state index >= 15 is 0 Å². The quantitative estimate of drug-likeness (QED) is 0.643. The van der Waals surface area contributed by atoms with E-state index in [1.807, 2.05) is 13.8 Å². The number of nitrogens with one attached hydrogen (secondary N) is 1. The van der Waals surface area contributed by atoms with Crippen molar-refractivity contribution < 1.29 is 4.39 Å². The van der Waals surface area contributed by atoms with Crippen LogP contribution in [0, 0.1) is 0 Å². The van der Waals surface area contributed by atoms with Crippen molar-refractivity contribution in [2.75, 3.05) is 33.2 Å². The van der Waals surface area contributed by atoms with E-state index in [1.165, 1.54) is 0 Å². The predicted octanol–water partition coefficient (Wildman–Crippen LogP) is 2.30. The van der Waals surface area contributed by atoms with Gasteiger partial charge in [-0.3, -0.25) is 0 Å². The molecule has 1 N–H and O–H groups in total. The van der Waals surface area contributed by atoms with Crippen LogP contribution in [0.5, 0.6) is 0 Å². The Morgan fingerprint density at radius 2 is 1.86 bits per heavy atom. The van der Waals surface area contributed by atoms with E-state index in [2.05, 4.69) is 24.2 Å². The summed E-state index contributed by atoms with van der Waals surface area (Å²) in [7, 11) is 2.08. The van der Waals surface area contributed by atoms with Crippen molar-refractivity contribution in [1.29, 1.82) is 0 Å². The summed E-state index contributed by atoms with van der Waals surface area (Å²) in [5.41, 5.74) is 0. The first kappa shape index (κ1) is 16.3. The Hall–Kier alpha value is -0.150. The molecule has 88 valence electrons. The van der Waals surface area contributed by atoms with Crippen LogP contribution in [0.4, 0.5) is 4.39 Å². The summed E-state index contributed by atoms with van der Waals surface area (Å²) in [5, 5.41) is 3.20. The molecule has 0 aromatic rings. The zero-order valence-electron chi connectivity index (χ0n) is 10.4. The zero-order chi connectivity index (χ0) is 11.4. The summed E-state index contributed by atoms with van der Waals surface area (Å²) in [6.45, 7) is 11.6. The molecule has 0 spiro atoms. The zero-order valence-corrected chi connectivity index (χ0v) is 10.4. The number of alkyl halides is 1. The van der Waals surface area contributed by atoms with Gasteiger partial charge in [0, 0.05) is 13.1 Å². The average Bonchev–Trinajstić information content (AvgIpc) is 2.19. The van der Waals surface area contributed by atoms with Gasteiger partial charge in [0.15, 0.2) is 0 Å². The van der Waals surface area contributed by atoms with E-state index in [4.69, 9.17) is 0 Å². The fraction of sp³-hybridized carbons (Fsp3) is 1.00. The lowest BCUT2D eigenvalue weighted by Gasteiger charge is -2.13. The summed E-state index contributed by atoms with van der Waals surface area (Å²) in [4.78, 5) is 2.23. The second-order valence-corrected chi connectivity index (χ2v) is 3.22. The van der Waals surface area contributed by atoms with Crippen molar-refractivity contribution >= 4 is 0 Å². The molecule has 0 fully saturated rings. The van der Waals surface area contributed by atoms with Gasteiger partial charge >= 0.3 is 0 Å². The standard InChI is InChI=1S/C9H21FN2.C2H6/c1-4-12(3)8-7-11-6-5-9(2)10;1-2/h9,11H,4-8H2,1-3H3;1-2H3. The summed E-state index contributed by atoms with van der Waals surface area (Å²) in [6, 6.07) is 0. The first-order chi connectivity index (χ1) is 6.66. The molecule has 0 aromatic carbocycles. The Bertz CT molecular complexity index is 97.3. The number of likely N-dealkylation sites (N-methyl/N-ethyl adjacent to an activating group) is 1. The normalized spacial score (nSPS) is 12.2. The third kappa shape index (κ3) is 14.4. The SMILES string of the molecule is CC.CCN(C)CCNCCC(C)F. The minimum Gasteiger partial charge on any atom is -0.315 e. The Balaban J connectivity index is 0. The first-order valence-electron chi connectivity index (χ1n) is 5.70. The van der Waals surface area contributed by atoms with Gasteiger partial charge in [0.25, 0.3) is 0 Å². The number of rotatable bonds is 7. The molecule has 0 bridgehead atoms. The third-order valence-corrected chi connectivity index (χ3v) is 1.93. The molecule has 1 unspecified atom stereocenters. The average molecular weight is 206 g/mol. The van der Waals surface area contributed by atoms with Crippen LogP contribution in [-0.2, 0) is 0 Å². The van der Waals surface area contributed by atoms with Gasteiger partial charge < -0.3 is 10.2 Å². The van der Waals surface area contributed by atoms with Crippen molar-refractivity contribution in [2.24, 2.45) is 0 Å². The van der Waals surface area contributed by atoms with Gasteiger partial charge in [0.05, 0.1) is 6.17 Å². The second kappa shape index (κ2) is 12.8. The topological polar surface area (TPSA) is 15.3 Å². The van der Waals surface area contributed by atoms with Crippen LogP contribution >= 0.6 is 0 Å². The molecular weight excluding hydrogens is 179 g/mol. The minimum atomic E-state index is -0.679. The van der Waals surface area contributed by atoms with Gasteiger partial charge in [-0.05, 0) is 33.5 Å². The lowest BCUT2D eigenvalue weighted by Crippen LogP contribution is -2.30. The molecule has 0 aliphatic heterocycles. The fourth-order valence-electron chi connectivity index (χ4n) is 0.854. The first-order valence-corrected chi connectivity index (χ1v) is 5.70. The maximum Gasteiger partial charge on any atom is 0.0985 e. The Kier molecular flexibility index (Phi) is 14.9. The molecule has 0 amide bonds. The molecular formula is C11H27FN2. The van der Waals surface area contributed by atoms with E-state index in [0.717, 1.165) is 26.2 Å². The van der Waals surface area contributed by atoms with E-state index in [-0.39, 0.29) is 0 Å². The second-order valence-electron chi connectivity index (χ2n) is 3.22. The molecule has 0 radical (unpaired) electrons.